The molecule has 0 unspecified atom stereocenters. The summed E-state index contributed by atoms with van der Waals surface area (Å²) in [6, 6.07) is 18.1. The van der Waals surface area contributed by atoms with Gasteiger partial charge < -0.3 is 15.4 Å². The van der Waals surface area contributed by atoms with Gasteiger partial charge >= 0.3 is 0 Å². The third-order valence-electron chi connectivity index (χ3n) is 3.87. The molecule has 1 fully saturated rings. The fourth-order valence-corrected chi connectivity index (χ4v) is 2.69. The zero-order valence-corrected chi connectivity index (χ0v) is 14.8. The Bertz CT molecular complexity index is 697. The molecule has 1 heterocycles. The number of rotatable bonds is 6. The van der Waals surface area contributed by atoms with Crippen LogP contribution in [-0.4, -0.2) is 30.6 Å². The highest BCUT2D eigenvalue weighted by atomic mass is 32.1. The third-order valence-corrected chi connectivity index (χ3v) is 4.10. The Morgan fingerprint density at radius 3 is 2.60 bits per heavy atom. The Labute approximate surface area is 153 Å². The van der Waals surface area contributed by atoms with Gasteiger partial charge in [-0.15, -0.1) is 0 Å². The number of anilines is 2. The fraction of sp³-hybridized carbons (Fsp3) is 0.263. The van der Waals surface area contributed by atoms with Crippen LogP contribution in [0.25, 0.3) is 0 Å². The van der Waals surface area contributed by atoms with E-state index in [1.165, 1.54) is 0 Å². The minimum atomic E-state index is 0.258. The van der Waals surface area contributed by atoms with Crippen LogP contribution >= 0.6 is 12.2 Å². The standard InChI is InChI=1S/C19H22N4OS/c25-19(20-14-18-7-4-12-24-18)23-21-13-15-8-10-17(11-9-15)22-16-5-2-1-3-6-16/h1-3,5-6,8-11,13,18,22H,4,7,12,14H2,(H2,20,23,25)/b21-13-/t18-/m1/s1. The van der Waals surface area contributed by atoms with Gasteiger partial charge in [0.15, 0.2) is 5.11 Å². The van der Waals surface area contributed by atoms with E-state index in [2.05, 4.69) is 21.2 Å². The van der Waals surface area contributed by atoms with Gasteiger partial charge in [0.1, 0.15) is 0 Å². The summed E-state index contributed by atoms with van der Waals surface area (Å²) >= 11 is 5.20. The molecule has 25 heavy (non-hydrogen) atoms. The number of thiocarbonyl (C=S) groups is 1. The van der Waals surface area contributed by atoms with Gasteiger partial charge in [-0.25, -0.2) is 0 Å². The molecule has 1 saturated heterocycles. The molecule has 2 aromatic carbocycles. The molecule has 1 atom stereocenters. The Kier molecular flexibility index (Phi) is 6.36. The quantitative estimate of drug-likeness (QED) is 0.422. The van der Waals surface area contributed by atoms with Gasteiger partial charge in [-0.2, -0.15) is 5.10 Å². The Balaban J connectivity index is 1.42. The van der Waals surface area contributed by atoms with Crippen LogP contribution in [0.5, 0.6) is 0 Å². The maximum atomic E-state index is 5.54. The fourth-order valence-electron chi connectivity index (χ4n) is 2.56. The number of nitrogens with one attached hydrogen (secondary N) is 3. The first-order valence-corrected chi connectivity index (χ1v) is 8.81. The molecule has 0 aromatic heterocycles. The van der Waals surface area contributed by atoms with Crippen LogP contribution in [0.1, 0.15) is 18.4 Å². The van der Waals surface area contributed by atoms with Crippen LogP contribution in [-0.2, 0) is 4.74 Å². The largest absolute Gasteiger partial charge is 0.376 e. The predicted molar refractivity (Wildman–Crippen MR) is 106 cm³/mol. The van der Waals surface area contributed by atoms with E-state index in [0.717, 1.165) is 42.9 Å². The van der Waals surface area contributed by atoms with Gasteiger partial charge in [0, 0.05) is 24.5 Å². The van der Waals surface area contributed by atoms with Crippen molar-refractivity contribution >= 4 is 34.9 Å². The highest BCUT2D eigenvalue weighted by Gasteiger charge is 2.14. The summed E-state index contributed by atoms with van der Waals surface area (Å²) in [4.78, 5) is 0. The average molecular weight is 354 g/mol. The Morgan fingerprint density at radius 2 is 1.88 bits per heavy atom. The van der Waals surface area contributed by atoms with E-state index in [0.29, 0.717) is 5.11 Å². The van der Waals surface area contributed by atoms with E-state index < -0.39 is 0 Å². The average Bonchev–Trinajstić information content (AvgIpc) is 3.16. The summed E-state index contributed by atoms with van der Waals surface area (Å²) < 4.78 is 5.54. The molecule has 0 radical (unpaired) electrons. The first kappa shape index (κ1) is 17.4. The molecule has 130 valence electrons. The molecule has 0 spiro atoms. The van der Waals surface area contributed by atoms with Crippen LogP contribution in [0.3, 0.4) is 0 Å². The lowest BCUT2D eigenvalue weighted by atomic mass is 10.2. The van der Waals surface area contributed by atoms with E-state index in [1.807, 2.05) is 54.6 Å². The van der Waals surface area contributed by atoms with Crippen molar-refractivity contribution < 1.29 is 4.74 Å². The summed E-state index contributed by atoms with van der Waals surface area (Å²) in [7, 11) is 0. The molecule has 0 saturated carbocycles. The van der Waals surface area contributed by atoms with Gasteiger partial charge in [-0.1, -0.05) is 30.3 Å². The first-order valence-electron chi connectivity index (χ1n) is 8.40. The minimum Gasteiger partial charge on any atom is -0.376 e. The molecular weight excluding hydrogens is 332 g/mol. The maximum Gasteiger partial charge on any atom is 0.187 e. The normalized spacial score (nSPS) is 16.7. The number of para-hydroxylation sites is 1. The van der Waals surface area contributed by atoms with Crippen LogP contribution in [0.15, 0.2) is 59.7 Å². The molecule has 3 rings (SSSR count). The molecule has 5 nitrogen and oxygen atoms in total. The number of ether oxygens (including phenoxy) is 1. The molecule has 2 aromatic rings. The number of nitrogens with zero attached hydrogens (tertiary/aromatic N) is 1. The van der Waals surface area contributed by atoms with Gasteiger partial charge in [-0.3, -0.25) is 5.43 Å². The van der Waals surface area contributed by atoms with Crippen LogP contribution in [0.2, 0.25) is 0 Å². The molecule has 6 heteroatoms. The SMILES string of the molecule is S=C(NC[C@H]1CCCO1)N/N=C\c1ccc(Nc2ccccc2)cc1. The number of hydrazone groups is 1. The second kappa shape index (κ2) is 9.15. The maximum absolute atomic E-state index is 5.54. The topological polar surface area (TPSA) is 57.7 Å². The summed E-state index contributed by atoms with van der Waals surface area (Å²) in [5, 5.41) is 11.1. The van der Waals surface area contributed by atoms with Crippen molar-refractivity contribution in [2.45, 2.75) is 18.9 Å². The molecule has 0 bridgehead atoms. The monoisotopic (exact) mass is 354 g/mol. The zero-order chi connectivity index (χ0) is 17.3. The Hall–Kier alpha value is -2.44. The van der Waals surface area contributed by atoms with Crippen LogP contribution in [0.4, 0.5) is 11.4 Å². The lowest BCUT2D eigenvalue weighted by Gasteiger charge is -2.11. The number of hydrogen-bond acceptors (Lipinski definition) is 4. The first-order chi connectivity index (χ1) is 12.3. The van der Waals surface area contributed by atoms with E-state index in [-0.39, 0.29) is 6.10 Å². The predicted octanol–water partition coefficient (Wildman–Crippen LogP) is 3.41. The zero-order valence-electron chi connectivity index (χ0n) is 13.9. The number of benzene rings is 2. The van der Waals surface area contributed by atoms with Crippen LogP contribution < -0.4 is 16.1 Å². The minimum absolute atomic E-state index is 0.258. The van der Waals surface area contributed by atoms with Crippen LogP contribution in [0, 0.1) is 0 Å². The molecule has 0 amide bonds. The van der Waals surface area contributed by atoms with Crippen molar-refractivity contribution in [3.05, 3.63) is 60.2 Å². The molecule has 1 aliphatic rings. The lowest BCUT2D eigenvalue weighted by molar-refractivity contribution is 0.114. The van der Waals surface area contributed by atoms with Gasteiger partial charge in [-0.05, 0) is 54.9 Å². The van der Waals surface area contributed by atoms with Crippen molar-refractivity contribution in [1.29, 1.82) is 0 Å². The van der Waals surface area contributed by atoms with Gasteiger partial charge in [0.05, 0.1) is 12.3 Å². The smallest absolute Gasteiger partial charge is 0.187 e. The van der Waals surface area contributed by atoms with E-state index in [4.69, 9.17) is 17.0 Å². The van der Waals surface area contributed by atoms with Crippen molar-refractivity contribution in [2.24, 2.45) is 5.10 Å². The van der Waals surface area contributed by atoms with Crippen molar-refractivity contribution in [3.63, 3.8) is 0 Å². The van der Waals surface area contributed by atoms with E-state index >= 15 is 0 Å². The Morgan fingerprint density at radius 1 is 1.12 bits per heavy atom. The summed E-state index contributed by atoms with van der Waals surface area (Å²) in [6.45, 7) is 1.57. The number of hydrogen-bond donors (Lipinski definition) is 3. The summed E-state index contributed by atoms with van der Waals surface area (Å²) in [5.41, 5.74) is 5.92. The van der Waals surface area contributed by atoms with E-state index in [9.17, 15) is 0 Å². The highest BCUT2D eigenvalue weighted by Crippen LogP contribution is 2.16. The molecule has 1 aliphatic heterocycles. The molecular formula is C19H22N4OS. The second-order valence-corrected chi connectivity index (χ2v) is 6.24. The van der Waals surface area contributed by atoms with Crippen molar-refractivity contribution in [1.82, 2.24) is 10.7 Å². The third kappa shape index (κ3) is 5.85. The van der Waals surface area contributed by atoms with Gasteiger partial charge in [0.25, 0.3) is 0 Å². The summed E-state index contributed by atoms with van der Waals surface area (Å²) in [6.07, 6.45) is 4.21. The highest BCUT2D eigenvalue weighted by molar-refractivity contribution is 7.80. The van der Waals surface area contributed by atoms with Crippen molar-refractivity contribution in [2.75, 3.05) is 18.5 Å². The summed E-state index contributed by atoms with van der Waals surface area (Å²) in [5.74, 6) is 0. The lowest BCUT2D eigenvalue weighted by Crippen LogP contribution is -2.37. The molecule has 3 N–H and O–H groups in total. The van der Waals surface area contributed by atoms with E-state index in [1.54, 1.807) is 6.21 Å². The van der Waals surface area contributed by atoms with Crippen molar-refractivity contribution in [3.8, 4) is 0 Å². The van der Waals surface area contributed by atoms with Gasteiger partial charge in [0.2, 0.25) is 0 Å². The second-order valence-electron chi connectivity index (χ2n) is 5.83. The molecule has 0 aliphatic carbocycles.